The second-order valence-corrected chi connectivity index (χ2v) is 19.7. The Bertz CT molecular complexity index is 2220. The highest BCUT2D eigenvalue weighted by molar-refractivity contribution is 7.91. The molecule has 4 fully saturated rings. The van der Waals surface area contributed by atoms with Crippen molar-refractivity contribution in [3.8, 4) is 11.6 Å². The molecule has 3 N–H and O–H groups in total. The van der Waals surface area contributed by atoms with Crippen LogP contribution < -0.4 is 24.8 Å². The molecule has 62 heavy (non-hydrogen) atoms. The standard InChI is InChI=1S/C42H53F4N5O10S/c1-5-25-18-24(2)10-6-7-11-27-22-40(27,37(54)50-62(56,57)39(3)14-15-39)49-34(52)31-20-28(60-35-29-21-30(43)32(58-4)19-26(29)12-16-47-35)23-51(31)36(53)33(25)48-38(55)61-41(42(44,45)46)13-8-9-17-59-41/h7,11-12,16,19,21,24-25,27-28,31,33H,5-6,8-10,13-15,17-18,20,22-23H2,1-4H3,(H,48,55)(H,49,52)(H,50,54)/b11-7-/t24-,25-,27-,28-,31+,33+,40-,41?/m1/s1. The van der Waals surface area contributed by atoms with Crippen LogP contribution in [0.5, 0.6) is 11.6 Å². The number of benzene rings is 1. The molecule has 3 aliphatic heterocycles. The van der Waals surface area contributed by atoms with Gasteiger partial charge in [0.15, 0.2) is 11.6 Å². The summed E-state index contributed by atoms with van der Waals surface area (Å²) in [7, 11) is -2.80. The minimum absolute atomic E-state index is 0.0259. The summed E-state index contributed by atoms with van der Waals surface area (Å²) in [6, 6.07) is 1.31. The van der Waals surface area contributed by atoms with Gasteiger partial charge in [0.1, 0.15) is 23.7 Å². The van der Waals surface area contributed by atoms with Crippen molar-refractivity contribution in [1.29, 1.82) is 0 Å². The summed E-state index contributed by atoms with van der Waals surface area (Å²) in [6.45, 7) is 4.62. The number of methoxy groups -OCH3 is 1. The van der Waals surface area contributed by atoms with Crippen LogP contribution in [0.3, 0.4) is 0 Å². The Morgan fingerprint density at radius 2 is 1.89 bits per heavy atom. The van der Waals surface area contributed by atoms with Crippen LogP contribution >= 0.6 is 0 Å². The average Bonchev–Trinajstić information content (AvgIpc) is 4.10. The summed E-state index contributed by atoms with van der Waals surface area (Å²) in [5, 5.41) is 5.97. The minimum atomic E-state index is -5.09. The van der Waals surface area contributed by atoms with E-state index in [1.54, 1.807) is 19.1 Å². The Hall–Kier alpha value is -4.72. The van der Waals surface area contributed by atoms with Crippen LogP contribution in [0.25, 0.3) is 10.8 Å². The van der Waals surface area contributed by atoms with E-state index in [1.165, 1.54) is 32.4 Å². The van der Waals surface area contributed by atoms with Crippen molar-refractivity contribution in [2.75, 3.05) is 20.3 Å². The summed E-state index contributed by atoms with van der Waals surface area (Å²) in [5.41, 5.74) is -1.70. The van der Waals surface area contributed by atoms with Crippen molar-refractivity contribution < 1.29 is 64.1 Å². The molecule has 5 aliphatic rings. The van der Waals surface area contributed by atoms with Crippen molar-refractivity contribution in [2.45, 2.75) is 132 Å². The maximum Gasteiger partial charge on any atom is 0.455 e. The Labute approximate surface area is 357 Å². The van der Waals surface area contributed by atoms with Crippen molar-refractivity contribution in [2.24, 2.45) is 17.8 Å². The number of carbonyl (C=O) groups is 4. The van der Waals surface area contributed by atoms with Crippen LogP contribution in [-0.2, 0) is 33.9 Å². The first-order valence-electron chi connectivity index (χ1n) is 21.1. The zero-order chi connectivity index (χ0) is 44.8. The smallest absolute Gasteiger partial charge is 0.455 e. The third-order valence-corrected chi connectivity index (χ3v) is 15.2. The molecule has 20 heteroatoms. The van der Waals surface area contributed by atoms with E-state index in [0.717, 1.165) is 4.90 Å². The van der Waals surface area contributed by atoms with E-state index in [9.17, 15) is 40.4 Å². The van der Waals surface area contributed by atoms with Crippen LogP contribution in [0.4, 0.5) is 22.4 Å². The predicted molar refractivity (Wildman–Crippen MR) is 214 cm³/mol. The fourth-order valence-electron chi connectivity index (χ4n) is 8.81. The summed E-state index contributed by atoms with van der Waals surface area (Å²) in [4.78, 5) is 62.7. The molecule has 15 nitrogen and oxygen atoms in total. The second kappa shape index (κ2) is 17.1. The monoisotopic (exact) mass is 895 g/mol. The Balaban J connectivity index is 1.24. The predicted octanol–water partition coefficient (Wildman–Crippen LogP) is 5.56. The highest BCUT2D eigenvalue weighted by Gasteiger charge is 2.64. The van der Waals surface area contributed by atoms with Crippen molar-refractivity contribution >= 4 is 44.6 Å². The first-order valence-corrected chi connectivity index (χ1v) is 22.6. The number of carbonyl (C=O) groups excluding carboxylic acids is 4. The first-order chi connectivity index (χ1) is 29.2. The molecule has 1 aromatic carbocycles. The lowest BCUT2D eigenvalue weighted by molar-refractivity contribution is -0.372. The van der Waals surface area contributed by atoms with E-state index in [0.29, 0.717) is 43.9 Å². The lowest BCUT2D eigenvalue weighted by atomic mass is 9.85. The summed E-state index contributed by atoms with van der Waals surface area (Å²) < 4.78 is 107. The van der Waals surface area contributed by atoms with Gasteiger partial charge in [0.25, 0.3) is 5.91 Å². The fourth-order valence-corrected chi connectivity index (χ4v) is 10.1. The van der Waals surface area contributed by atoms with E-state index in [1.807, 2.05) is 13.0 Å². The van der Waals surface area contributed by atoms with Crippen LogP contribution in [0.1, 0.15) is 91.4 Å². The van der Waals surface area contributed by atoms with Crippen LogP contribution in [0.2, 0.25) is 0 Å². The summed E-state index contributed by atoms with van der Waals surface area (Å²) in [6.07, 6.45) is -0.546. The lowest BCUT2D eigenvalue weighted by Crippen LogP contribution is -2.60. The van der Waals surface area contributed by atoms with Crippen LogP contribution in [0, 0.1) is 23.6 Å². The van der Waals surface area contributed by atoms with E-state index in [2.05, 4.69) is 20.3 Å². The molecule has 2 saturated carbocycles. The Kier molecular flexibility index (Phi) is 12.5. The number of rotatable bonds is 9. The maximum absolute atomic E-state index is 15.0. The number of nitrogens with zero attached hydrogens (tertiary/aromatic N) is 2. The largest absolute Gasteiger partial charge is 0.494 e. The number of halogens is 4. The van der Waals surface area contributed by atoms with Gasteiger partial charge in [0.2, 0.25) is 27.7 Å². The van der Waals surface area contributed by atoms with E-state index in [4.69, 9.17) is 18.9 Å². The molecule has 0 radical (unpaired) electrons. The van der Waals surface area contributed by atoms with Crippen LogP contribution in [-0.4, -0.2) is 103 Å². The first kappa shape index (κ1) is 45.3. The van der Waals surface area contributed by atoms with E-state index in [-0.39, 0.29) is 61.8 Å². The molecule has 340 valence electrons. The van der Waals surface area contributed by atoms with Gasteiger partial charge in [-0.05, 0) is 93.7 Å². The second-order valence-electron chi connectivity index (χ2n) is 17.5. The number of hydrogen-bond donors (Lipinski definition) is 3. The quantitative estimate of drug-likeness (QED) is 0.211. The maximum atomic E-state index is 15.0. The Morgan fingerprint density at radius 1 is 1.13 bits per heavy atom. The summed E-state index contributed by atoms with van der Waals surface area (Å²) >= 11 is 0. The van der Waals surface area contributed by atoms with Gasteiger partial charge in [-0.1, -0.05) is 32.4 Å². The minimum Gasteiger partial charge on any atom is -0.494 e. The third-order valence-electron chi connectivity index (χ3n) is 13.1. The number of allylic oxidation sites excluding steroid dienone is 1. The number of hydrogen-bond acceptors (Lipinski definition) is 11. The normalized spacial score (nSPS) is 31.9. The number of sulfonamides is 1. The SMILES string of the molecule is CC[C@@H]1C[C@H](C)CC/C=C\[C@@H]2C[C@@]2(C(=O)NS(=O)(=O)C2(C)CC2)NC(=O)[C@@H]2C[C@@H](Oc3nccc4cc(OC)c(F)cc34)CN2C(=O)[C@H]1NC(=O)OC1(C(F)(F)F)CCCCO1. The fraction of sp³-hybridized carbons (Fsp3) is 0.643. The summed E-state index contributed by atoms with van der Waals surface area (Å²) in [5.74, 6) is -7.91. The zero-order valence-electron chi connectivity index (χ0n) is 35.0. The molecular formula is C42H53F4N5O10S. The number of ether oxygens (including phenoxy) is 4. The highest BCUT2D eigenvalue weighted by atomic mass is 32.2. The van der Waals surface area contributed by atoms with Gasteiger partial charge in [-0.3, -0.25) is 19.1 Å². The highest BCUT2D eigenvalue weighted by Crippen LogP contribution is 2.48. The van der Waals surface area contributed by atoms with Crippen molar-refractivity contribution in [3.63, 3.8) is 0 Å². The molecule has 7 rings (SSSR count). The Morgan fingerprint density at radius 3 is 2.55 bits per heavy atom. The van der Waals surface area contributed by atoms with Gasteiger partial charge in [-0.25, -0.2) is 22.6 Å². The zero-order valence-corrected chi connectivity index (χ0v) is 35.8. The average molecular weight is 896 g/mol. The van der Waals surface area contributed by atoms with Gasteiger partial charge in [-0.2, -0.15) is 13.2 Å². The van der Waals surface area contributed by atoms with Gasteiger partial charge in [-0.15, -0.1) is 0 Å². The number of pyridine rings is 1. The van der Waals surface area contributed by atoms with E-state index >= 15 is 4.79 Å². The molecule has 4 amide bonds. The molecular weight excluding hydrogens is 843 g/mol. The van der Waals surface area contributed by atoms with Gasteiger partial charge in [0.05, 0.1) is 25.0 Å². The van der Waals surface area contributed by atoms with Crippen molar-refractivity contribution in [3.05, 3.63) is 42.4 Å². The topological polar surface area (TPSA) is 192 Å². The molecule has 2 saturated heterocycles. The van der Waals surface area contributed by atoms with Crippen molar-refractivity contribution in [1.82, 2.24) is 25.2 Å². The number of alkyl halides is 3. The molecule has 2 aromatic rings. The lowest BCUT2D eigenvalue weighted by Gasteiger charge is -2.38. The number of aromatic nitrogens is 1. The van der Waals surface area contributed by atoms with Gasteiger partial charge in [0, 0.05) is 30.3 Å². The molecule has 0 spiro atoms. The number of alkyl carbamates (subject to hydrolysis) is 1. The molecule has 1 aromatic heterocycles. The number of amides is 4. The number of fused-ring (bicyclic) bond motifs is 3. The molecule has 1 unspecified atom stereocenters. The third kappa shape index (κ3) is 8.90. The van der Waals surface area contributed by atoms with Gasteiger partial charge >= 0.3 is 18.1 Å². The number of nitrogens with one attached hydrogen (secondary N) is 3. The van der Waals surface area contributed by atoms with E-state index < -0.39 is 98.3 Å². The molecule has 8 atom stereocenters. The van der Waals surface area contributed by atoms with Crippen LogP contribution in [0.15, 0.2) is 36.5 Å². The molecule has 0 bridgehead atoms. The van der Waals surface area contributed by atoms with Gasteiger partial charge < -0.3 is 34.5 Å². The molecule has 4 heterocycles. The molecule has 2 aliphatic carbocycles.